The number of piperazine rings is 1. The molecule has 0 atom stereocenters. The first kappa shape index (κ1) is 18.1. The Bertz CT molecular complexity index is 957. The van der Waals surface area contributed by atoms with Gasteiger partial charge >= 0.3 is 0 Å². The Labute approximate surface area is 164 Å². The number of aromatic amines is 1. The lowest BCUT2D eigenvalue weighted by Crippen LogP contribution is -2.48. The molecule has 144 valence electrons. The highest BCUT2D eigenvalue weighted by Crippen LogP contribution is 2.23. The van der Waals surface area contributed by atoms with Crippen molar-refractivity contribution < 1.29 is 9.53 Å². The average Bonchev–Trinajstić information content (AvgIpc) is 3.24. The third-order valence-corrected chi connectivity index (χ3v) is 5.14. The van der Waals surface area contributed by atoms with Gasteiger partial charge in [0.1, 0.15) is 11.4 Å². The maximum Gasteiger partial charge on any atom is 0.272 e. The van der Waals surface area contributed by atoms with Gasteiger partial charge in [-0.05, 0) is 25.1 Å². The van der Waals surface area contributed by atoms with Gasteiger partial charge in [-0.1, -0.05) is 35.9 Å². The van der Waals surface area contributed by atoms with Crippen LogP contribution in [0.25, 0.3) is 11.3 Å². The van der Waals surface area contributed by atoms with Crippen LogP contribution in [0.1, 0.15) is 16.1 Å². The predicted molar refractivity (Wildman–Crippen MR) is 110 cm³/mol. The molecular weight excluding hydrogens is 352 g/mol. The molecule has 1 aromatic heterocycles. The maximum atomic E-state index is 12.9. The van der Waals surface area contributed by atoms with Crippen LogP contribution in [0.3, 0.4) is 0 Å². The summed E-state index contributed by atoms with van der Waals surface area (Å²) in [5.41, 5.74) is 4.65. The van der Waals surface area contributed by atoms with E-state index in [9.17, 15) is 4.79 Å². The molecule has 1 N–H and O–H groups in total. The summed E-state index contributed by atoms with van der Waals surface area (Å²) in [6.07, 6.45) is 0. The number of methoxy groups -OCH3 is 1. The maximum absolute atomic E-state index is 12.9. The molecule has 0 saturated carbocycles. The Balaban J connectivity index is 1.41. The molecule has 0 aliphatic carbocycles. The molecule has 4 rings (SSSR count). The van der Waals surface area contributed by atoms with Crippen molar-refractivity contribution in [1.82, 2.24) is 15.1 Å². The topological polar surface area (TPSA) is 61.5 Å². The lowest BCUT2D eigenvalue weighted by Gasteiger charge is -2.36. The second-order valence-electron chi connectivity index (χ2n) is 7.01. The van der Waals surface area contributed by atoms with E-state index in [2.05, 4.69) is 28.1 Å². The molecule has 28 heavy (non-hydrogen) atoms. The van der Waals surface area contributed by atoms with Crippen molar-refractivity contribution >= 4 is 11.6 Å². The van der Waals surface area contributed by atoms with E-state index in [1.54, 1.807) is 7.11 Å². The summed E-state index contributed by atoms with van der Waals surface area (Å²) >= 11 is 0. The van der Waals surface area contributed by atoms with Gasteiger partial charge in [0.25, 0.3) is 5.91 Å². The van der Waals surface area contributed by atoms with Gasteiger partial charge in [-0.15, -0.1) is 0 Å². The fourth-order valence-corrected chi connectivity index (χ4v) is 3.45. The molecule has 1 aliphatic heterocycles. The van der Waals surface area contributed by atoms with Crippen molar-refractivity contribution in [2.24, 2.45) is 0 Å². The SMILES string of the molecule is COc1cccc(N2CCN(C(=O)c3cc(-c4ccc(C)cc4)n[nH]3)CC2)c1. The zero-order valence-electron chi connectivity index (χ0n) is 16.2. The van der Waals surface area contributed by atoms with Crippen molar-refractivity contribution in [1.29, 1.82) is 0 Å². The summed E-state index contributed by atoms with van der Waals surface area (Å²) < 4.78 is 5.31. The Hall–Kier alpha value is -3.28. The second-order valence-corrected chi connectivity index (χ2v) is 7.01. The number of nitrogens with one attached hydrogen (secondary N) is 1. The molecule has 1 amide bonds. The molecule has 0 spiro atoms. The van der Waals surface area contributed by atoms with E-state index >= 15 is 0 Å². The van der Waals surface area contributed by atoms with Gasteiger partial charge in [0, 0.05) is 43.5 Å². The van der Waals surface area contributed by atoms with E-state index in [4.69, 9.17) is 4.74 Å². The van der Waals surface area contributed by atoms with Gasteiger partial charge in [-0.2, -0.15) is 5.10 Å². The van der Waals surface area contributed by atoms with Crippen LogP contribution in [-0.2, 0) is 0 Å². The number of hydrogen-bond donors (Lipinski definition) is 1. The zero-order chi connectivity index (χ0) is 19.5. The second kappa shape index (κ2) is 7.76. The number of hydrogen-bond acceptors (Lipinski definition) is 4. The van der Waals surface area contributed by atoms with Crippen molar-refractivity contribution in [3.05, 3.63) is 65.9 Å². The molecule has 0 bridgehead atoms. The minimum Gasteiger partial charge on any atom is -0.497 e. The van der Waals surface area contributed by atoms with Gasteiger partial charge < -0.3 is 14.5 Å². The van der Waals surface area contributed by atoms with Crippen molar-refractivity contribution in [3.63, 3.8) is 0 Å². The van der Waals surface area contributed by atoms with Crippen LogP contribution in [0.2, 0.25) is 0 Å². The molecule has 1 fully saturated rings. The normalized spacial score (nSPS) is 14.2. The average molecular weight is 376 g/mol. The molecule has 1 aliphatic rings. The first-order valence-corrected chi connectivity index (χ1v) is 9.45. The summed E-state index contributed by atoms with van der Waals surface area (Å²) in [7, 11) is 1.67. The number of aromatic nitrogens is 2. The highest BCUT2D eigenvalue weighted by atomic mass is 16.5. The monoisotopic (exact) mass is 376 g/mol. The fraction of sp³-hybridized carbons (Fsp3) is 0.273. The third-order valence-electron chi connectivity index (χ3n) is 5.14. The number of rotatable bonds is 4. The van der Waals surface area contributed by atoms with E-state index in [1.807, 2.05) is 53.4 Å². The first-order chi connectivity index (χ1) is 13.6. The number of nitrogens with zero attached hydrogens (tertiary/aromatic N) is 3. The van der Waals surface area contributed by atoms with Gasteiger partial charge in [0.15, 0.2) is 0 Å². The number of amides is 1. The molecule has 2 heterocycles. The molecule has 0 radical (unpaired) electrons. The third kappa shape index (κ3) is 3.71. The minimum absolute atomic E-state index is 0.00356. The van der Waals surface area contributed by atoms with Crippen LogP contribution < -0.4 is 9.64 Å². The van der Waals surface area contributed by atoms with Crippen LogP contribution in [-0.4, -0.2) is 54.3 Å². The highest BCUT2D eigenvalue weighted by molar-refractivity contribution is 5.93. The summed E-state index contributed by atoms with van der Waals surface area (Å²) in [6.45, 7) is 4.98. The molecule has 1 saturated heterocycles. The zero-order valence-corrected chi connectivity index (χ0v) is 16.2. The Morgan fingerprint density at radius 2 is 1.79 bits per heavy atom. The molecule has 3 aromatic rings. The molecule has 6 heteroatoms. The van der Waals surface area contributed by atoms with Gasteiger partial charge in [0.2, 0.25) is 0 Å². The number of carbonyl (C=O) groups is 1. The standard InChI is InChI=1S/C22H24N4O2/c1-16-6-8-17(9-7-16)20-15-21(24-23-20)22(27)26-12-10-25(11-13-26)18-4-3-5-19(14-18)28-2/h3-9,14-15H,10-13H2,1-2H3,(H,23,24). The Morgan fingerprint density at radius 1 is 1.04 bits per heavy atom. The fourth-order valence-electron chi connectivity index (χ4n) is 3.45. The largest absolute Gasteiger partial charge is 0.497 e. The Morgan fingerprint density at radius 3 is 2.50 bits per heavy atom. The number of carbonyl (C=O) groups excluding carboxylic acids is 1. The lowest BCUT2D eigenvalue weighted by atomic mass is 10.1. The number of ether oxygens (including phenoxy) is 1. The van der Waals surface area contributed by atoms with E-state index < -0.39 is 0 Å². The van der Waals surface area contributed by atoms with E-state index in [-0.39, 0.29) is 5.91 Å². The predicted octanol–water partition coefficient (Wildman–Crippen LogP) is 3.36. The van der Waals surface area contributed by atoms with Crippen LogP contribution in [0.4, 0.5) is 5.69 Å². The van der Waals surface area contributed by atoms with Crippen molar-refractivity contribution in [3.8, 4) is 17.0 Å². The summed E-state index contributed by atoms with van der Waals surface area (Å²) in [4.78, 5) is 17.0. The summed E-state index contributed by atoms with van der Waals surface area (Å²) in [5.74, 6) is 0.841. The minimum atomic E-state index is -0.00356. The van der Waals surface area contributed by atoms with Crippen LogP contribution in [0.15, 0.2) is 54.6 Å². The Kier molecular flexibility index (Phi) is 5.02. The number of aryl methyl sites for hydroxylation is 1. The number of H-pyrrole nitrogens is 1. The number of anilines is 1. The smallest absolute Gasteiger partial charge is 0.272 e. The number of benzene rings is 2. The van der Waals surface area contributed by atoms with Crippen LogP contribution in [0.5, 0.6) is 5.75 Å². The van der Waals surface area contributed by atoms with E-state index in [0.717, 1.165) is 35.8 Å². The van der Waals surface area contributed by atoms with Gasteiger partial charge in [-0.3, -0.25) is 9.89 Å². The van der Waals surface area contributed by atoms with Crippen molar-refractivity contribution in [2.75, 3.05) is 38.2 Å². The molecule has 6 nitrogen and oxygen atoms in total. The van der Waals surface area contributed by atoms with Crippen molar-refractivity contribution in [2.45, 2.75) is 6.92 Å². The molecular formula is C22H24N4O2. The lowest BCUT2D eigenvalue weighted by molar-refractivity contribution is 0.0741. The summed E-state index contributed by atoms with van der Waals surface area (Å²) in [6, 6.07) is 18.0. The van der Waals surface area contributed by atoms with Crippen LogP contribution in [0, 0.1) is 6.92 Å². The molecule has 0 unspecified atom stereocenters. The molecule has 2 aromatic carbocycles. The van der Waals surface area contributed by atoms with Crippen LogP contribution >= 0.6 is 0 Å². The summed E-state index contributed by atoms with van der Waals surface area (Å²) in [5, 5.41) is 7.22. The van der Waals surface area contributed by atoms with E-state index in [1.165, 1.54) is 5.56 Å². The van der Waals surface area contributed by atoms with Gasteiger partial charge in [0.05, 0.1) is 12.8 Å². The first-order valence-electron chi connectivity index (χ1n) is 9.45. The van der Waals surface area contributed by atoms with Gasteiger partial charge in [-0.25, -0.2) is 0 Å². The highest BCUT2D eigenvalue weighted by Gasteiger charge is 2.24. The van der Waals surface area contributed by atoms with E-state index in [0.29, 0.717) is 18.8 Å². The quantitative estimate of drug-likeness (QED) is 0.759.